The highest BCUT2D eigenvalue weighted by molar-refractivity contribution is 6.06. The van der Waals surface area contributed by atoms with Crippen molar-refractivity contribution in [3.05, 3.63) is 69.0 Å². The number of rotatable bonds is 3. The molecule has 0 unspecified atom stereocenters. The lowest BCUT2D eigenvalue weighted by Gasteiger charge is -2.17. The van der Waals surface area contributed by atoms with Crippen molar-refractivity contribution < 1.29 is 4.79 Å². The fraction of sp³-hybridized carbons (Fsp3) is 0.222. The second-order valence-corrected chi connectivity index (χ2v) is 6.16. The van der Waals surface area contributed by atoms with Crippen molar-refractivity contribution in [1.29, 1.82) is 0 Å². The Bertz CT molecular complexity index is 1080. The number of hydrogen-bond donors (Lipinski definition) is 1. The number of H-pyrrole nitrogens is 1. The SMILES string of the molecule is CN(C(=O)c1cnc2c(c1)c(=O)[nH]c(=O)n2C1CC1)c1ccccc1. The summed E-state index contributed by atoms with van der Waals surface area (Å²) < 4.78 is 1.51. The number of amides is 1. The Labute approximate surface area is 142 Å². The van der Waals surface area contributed by atoms with Gasteiger partial charge in [-0.05, 0) is 31.0 Å². The van der Waals surface area contributed by atoms with Gasteiger partial charge in [0.1, 0.15) is 5.65 Å². The van der Waals surface area contributed by atoms with E-state index < -0.39 is 11.2 Å². The van der Waals surface area contributed by atoms with Crippen molar-refractivity contribution in [2.45, 2.75) is 18.9 Å². The van der Waals surface area contributed by atoms with Gasteiger partial charge in [-0.2, -0.15) is 0 Å². The van der Waals surface area contributed by atoms with Crippen LogP contribution in [0.25, 0.3) is 11.0 Å². The maximum absolute atomic E-state index is 12.7. The molecule has 1 aliphatic rings. The van der Waals surface area contributed by atoms with Crippen LogP contribution >= 0.6 is 0 Å². The van der Waals surface area contributed by atoms with Crippen molar-refractivity contribution in [2.24, 2.45) is 0 Å². The first kappa shape index (κ1) is 15.3. The molecule has 0 aliphatic heterocycles. The largest absolute Gasteiger partial charge is 0.330 e. The molecule has 3 aromatic rings. The zero-order valence-corrected chi connectivity index (χ0v) is 13.6. The van der Waals surface area contributed by atoms with Crippen molar-refractivity contribution in [3.63, 3.8) is 0 Å². The number of benzene rings is 1. The molecular weight excluding hydrogens is 320 g/mol. The van der Waals surface area contributed by atoms with Gasteiger partial charge < -0.3 is 4.90 Å². The summed E-state index contributed by atoms with van der Waals surface area (Å²) in [4.78, 5) is 45.0. The predicted octanol–water partition coefficient (Wildman–Crippen LogP) is 1.70. The molecular formula is C18H16N4O3. The first-order valence-electron chi connectivity index (χ1n) is 8.04. The molecule has 1 saturated carbocycles. The molecule has 1 aromatic carbocycles. The van der Waals surface area contributed by atoms with Crippen LogP contribution in [0.3, 0.4) is 0 Å². The van der Waals surface area contributed by atoms with Crippen LogP contribution in [0.2, 0.25) is 0 Å². The minimum Gasteiger partial charge on any atom is -0.311 e. The number of anilines is 1. The summed E-state index contributed by atoms with van der Waals surface area (Å²) in [5, 5.41) is 0.249. The fourth-order valence-corrected chi connectivity index (χ4v) is 2.89. The van der Waals surface area contributed by atoms with Crippen LogP contribution < -0.4 is 16.1 Å². The lowest BCUT2D eigenvalue weighted by Crippen LogP contribution is -2.31. The standard InChI is InChI=1S/C18H16N4O3/c1-21(12-5-3-2-4-6-12)17(24)11-9-14-15(19-10-11)22(13-7-8-13)18(25)20-16(14)23/h2-6,9-10,13H,7-8H2,1H3,(H,20,23,25). The first-order chi connectivity index (χ1) is 12.1. The van der Waals surface area contributed by atoms with Gasteiger partial charge >= 0.3 is 5.69 Å². The molecule has 1 aliphatic carbocycles. The Hall–Kier alpha value is -3.22. The fourth-order valence-electron chi connectivity index (χ4n) is 2.89. The van der Waals surface area contributed by atoms with Crippen molar-refractivity contribution in [1.82, 2.24) is 14.5 Å². The first-order valence-corrected chi connectivity index (χ1v) is 8.04. The minimum absolute atomic E-state index is 0.0768. The van der Waals surface area contributed by atoms with E-state index in [0.717, 1.165) is 18.5 Å². The molecule has 4 rings (SSSR count). The number of para-hydroxylation sites is 1. The number of aromatic nitrogens is 3. The van der Waals surface area contributed by atoms with E-state index in [2.05, 4.69) is 9.97 Å². The minimum atomic E-state index is -0.526. The Morgan fingerprint density at radius 3 is 2.64 bits per heavy atom. The maximum Gasteiger partial charge on any atom is 0.330 e. The zero-order valence-electron chi connectivity index (χ0n) is 13.6. The number of fused-ring (bicyclic) bond motifs is 1. The van der Waals surface area contributed by atoms with E-state index in [-0.39, 0.29) is 17.3 Å². The zero-order chi connectivity index (χ0) is 17.6. The number of hydrogen-bond acceptors (Lipinski definition) is 4. The maximum atomic E-state index is 12.7. The van der Waals surface area contributed by atoms with E-state index in [9.17, 15) is 14.4 Å². The van der Waals surface area contributed by atoms with Gasteiger partial charge in [-0.15, -0.1) is 0 Å². The van der Waals surface area contributed by atoms with E-state index in [1.807, 2.05) is 30.3 Å². The number of pyridine rings is 1. The molecule has 2 aromatic heterocycles. The molecule has 2 heterocycles. The smallest absolute Gasteiger partial charge is 0.311 e. The molecule has 7 heteroatoms. The highest BCUT2D eigenvalue weighted by Crippen LogP contribution is 2.34. The summed E-state index contributed by atoms with van der Waals surface area (Å²) in [6.45, 7) is 0. The van der Waals surface area contributed by atoms with Gasteiger partial charge in [-0.25, -0.2) is 9.78 Å². The lowest BCUT2D eigenvalue weighted by atomic mass is 10.2. The molecule has 0 spiro atoms. The number of aromatic amines is 1. The van der Waals surface area contributed by atoms with E-state index in [1.54, 1.807) is 7.05 Å². The average molecular weight is 336 g/mol. The van der Waals surface area contributed by atoms with E-state index in [1.165, 1.54) is 21.7 Å². The van der Waals surface area contributed by atoms with E-state index in [0.29, 0.717) is 11.2 Å². The summed E-state index contributed by atoms with van der Waals surface area (Å²) in [6.07, 6.45) is 3.20. The van der Waals surface area contributed by atoms with Crippen LogP contribution in [0.4, 0.5) is 5.69 Å². The van der Waals surface area contributed by atoms with Gasteiger partial charge in [-0.3, -0.25) is 19.1 Å². The Morgan fingerprint density at radius 1 is 1.24 bits per heavy atom. The number of nitrogens with one attached hydrogen (secondary N) is 1. The quantitative estimate of drug-likeness (QED) is 0.788. The van der Waals surface area contributed by atoms with Gasteiger partial charge in [0.25, 0.3) is 11.5 Å². The van der Waals surface area contributed by atoms with Gasteiger partial charge in [-0.1, -0.05) is 18.2 Å². The Balaban J connectivity index is 1.80. The van der Waals surface area contributed by atoms with E-state index in [4.69, 9.17) is 0 Å². The second-order valence-electron chi connectivity index (χ2n) is 6.16. The van der Waals surface area contributed by atoms with Crippen LogP contribution in [0.5, 0.6) is 0 Å². The normalized spacial score (nSPS) is 13.8. The van der Waals surface area contributed by atoms with Gasteiger partial charge in [0.15, 0.2) is 0 Å². The van der Waals surface area contributed by atoms with Crippen molar-refractivity contribution in [2.75, 3.05) is 11.9 Å². The van der Waals surface area contributed by atoms with Crippen LogP contribution in [-0.4, -0.2) is 27.5 Å². The predicted molar refractivity (Wildman–Crippen MR) is 94.1 cm³/mol. The molecule has 0 atom stereocenters. The molecule has 0 radical (unpaired) electrons. The number of carbonyl (C=O) groups excluding carboxylic acids is 1. The van der Waals surface area contributed by atoms with Crippen LogP contribution in [0.15, 0.2) is 52.2 Å². The topological polar surface area (TPSA) is 88.1 Å². The third-order valence-corrected chi connectivity index (χ3v) is 4.39. The highest BCUT2D eigenvalue weighted by atomic mass is 16.2. The summed E-state index contributed by atoms with van der Waals surface area (Å²) in [5.41, 5.74) is 0.388. The summed E-state index contributed by atoms with van der Waals surface area (Å²) in [7, 11) is 1.66. The molecule has 25 heavy (non-hydrogen) atoms. The lowest BCUT2D eigenvalue weighted by molar-refractivity contribution is 0.0993. The second kappa shape index (κ2) is 5.70. The van der Waals surface area contributed by atoms with E-state index >= 15 is 0 Å². The number of nitrogens with zero attached hydrogens (tertiary/aromatic N) is 3. The molecule has 126 valence electrons. The monoisotopic (exact) mass is 336 g/mol. The van der Waals surface area contributed by atoms with Crippen LogP contribution in [0.1, 0.15) is 29.2 Å². The number of carbonyl (C=O) groups is 1. The molecule has 7 nitrogen and oxygen atoms in total. The van der Waals surface area contributed by atoms with Gasteiger partial charge in [0.05, 0.1) is 10.9 Å². The van der Waals surface area contributed by atoms with Gasteiger partial charge in [0.2, 0.25) is 0 Å². The molecule has 1 amide bonds. The third kappa shape index (κ3) is 2.63. The van der Waals surface area contributed by atoms with Crippen LogP contribution in [-0.2, 0) is 0 Å². The molecule has 0 saturated heterocycles. The van der Waals surface area contributed by atoms with Gasteiger partial charge in [0, 0.05) is 25.0 Å². The third-order valence-electron chi connectivity index (χ3n) is 4.39. The summed E-state index contributed by atoms with van der Waals surface area (Å²) in [5.74, 6) is -0.274. The van der Waals surface area contributed by atoms with Crippen molar-refractivity contribution in [3.8, 4) is 0 Å². The van der Waals surface area contributed by atoms with Crippen LogP contribution in [0, 0.1) is 0 Å². The Kier molecular flexibility index (Phi) is 3.49. The Morgan fingerprint density at radius 2 is 1.96 bits per heavy atom. The summed E-state index contributed by atoms with van der Waals surface area (Å²) in [6, 6.07) is 10.8. The van der Waals surface area contributed by atoms with Crippen molar-refractivity contribution >= 4 is 22.6 Å². The highest BCUT2D eigenvalue weighted by Gasteiger charge is 2.28. The molecule has 1 fully saturated rings. The molecule has 1 N–H and O–H groups in total. The average Bonchev–Trinajstić information content (AvgIpc) is 3.46. The molecule has 0 bridgehead atoms. The summed E-state index contributed by atoms with van der Waals surface area (Å²) >= 11 is 0.